The molecule has 1 amide bonds. The highest BCUT2D eigenvalue weighted by molar-refractivity contribution is 5.95. The molecule has 2 aliphatic rings. The second-order valence-corrected chi connectivity index (χ2v) is 7.79. The summed E-state index contributed by atoms with van der Waals surface area (Å²) in [6.45, 7) is 8.88. The van der Waals surface area contributed by atoms with E-state index in [0.29, 0.717) is 17.9 Å². The fourth-order valence-corrected chi connectivity index (χ4v) is 4.16. The summed E-state index contributed by atoms with van der Waals surface area (Å²) in [5.74, 6) is 1.58. The summed E-state index contributed by atoms with van der Waals surface area (Å²) in [6.07, 6.45) is 6.87. The van der Waals surface area contributed by atoms with Crippen LogP contribution in [0.1, 0.15) is 48.0 Å². The van der Waals surface area contributed by atoms with Crippen molar-refractivity contribution in [3.05, 3.63) is 41.6 Å². The molecule has 2 aliphatic heterocycles. The molecule has 2 aromatic heterocycles. The number of piperidine rings is 1. The Morgan fingerprint density at radius 2 is 2.04 bits per heavy atom. The first kappa shape index (κ1) is 17.3. The van der Waals surface area contributed by atoms with E-state index < -0.39 is 0 Å². The standard InChI is InChI=1S/C20H28N4O2/c1-15-4-9-22(10-5-15)13-17-6-11-24-18(3-8-21-24)14-23(17)20(25)19-7-12-26-16(19)2/h3,7-8,12,15,17H,4-6,9-11,13-14H2,1-2H3/t17-/m0/s1. The minimum absolute atomic E-state index is 0.0706. The van der Waals surface area contributed by atoms with Crippen molar-refractivity contribution < 1.29 is 9.21 Å². The third kappa shape index (κ3) is 3.43. The van der Waals surface area contributed by atoms with Crippen LogP contribution >= 0.6 is 0 Å². The Balaban J connectivity index is 1.56. The highest BCUT2D eigenvalue weighted by atomic mass is 16.3. The normalized spacial score (nSPS) is 22.2. The van der Waals surface area contributed by atoms with Gasteiger partial charge in [-0.3, -0.25) is 9.48 Å². The number of carbonyl (C=O) groups is 1. The maximum Gasteiger partial charge on any atom is 0.258 e. The zero-order valence-corrected chi connectivity index (χ0v) is 15.7. The van der Waals surface area contributed by atoms with Crippen LogP contribution in [0.2, 0.25) is 0 Å². The predicted molar refractivity (Wildman–Crippen MR) is 98.8 cm³/mol. The van der Waals surface area contributed by atoms with Gasteiger partial charge in [0, 0.05) is 25.3 Å². The van der Waals surface area contributed by atoms with Crippen molar-refractivity contribution in [2.24, 2.45) is 5.92 Å². The van der Waals surface area contributed by atoms with E-state index >= 15 is 0 Å². The van der Waals surface area contributed by atoms with Crippen molar-refractivity contribution in [3.63, 3.8) is 0 Å². The number of rotatable bonds is 3. The second-order valence-electron chi connectivity index (χ2n) is 7.79. The molecule has 0 unspecified atom stereocenters. The maximum absolute atomic E-state index is 13.3. The molecule has 0 N–H and O–H groups in total. The van der Waals surface area contributed by atoms with Gasteiger partial charge in [0.05, 0.1) is 24.1 Å². The van der Waals surface area contributed by atoms with Crippen molar-refractivity contribution in [2.75, 3.05) is 19.6 Å². The molecule has 0 saturated carbocycles. The van der Waals surface area contributed by atoms with Crippen LogP contribution in [-0.4, -0.2) is 51.2 Å². The fraction of sp³-hybridized carbons (Fsp3) is 0.600. The number of hydrogen-bond acceptors (Lipinski definition) is 4. The van der Waals surface area contributed by atoms with E-state index in [4.69, 9.17) is 4.42 Å². The van der Waals surface area contributed by atoms with Gasteiger partial charge < -0.3 is 14.2 Å². The monoisotopic (exact) mass is 356 g/mol. The van der Waals surface area contributed by atoms with Gasteiger partial charge in [0.2, 0.25) is 0 Å². The lowest BCUT2D eigenvalue weighted by atomic mass is 9.98. The van der Waals surface area contributed by atoms with Gasteiger partial charge >= 0.3 is 0 Å². The van der Waals surface area contributed by atoms with Crippen molar-refractivity contribution in [2.45, 2.75) is 52.2 Å². The number of nitrogens with zero attached hydrogens (tertiary/aromatic N) is 4. The van der Waals surface area contributed by atoms with E-state index in [1.165, 1.54) is 12.8 Å². The number of fused-ring (bicyclic) bond motifs is 1. The lowest BCUT2D eigenvalue weighted by molar-refractivity contribution is 0.0574. The number of aryl methyl sites for hydroxylation is 2. The molecule has 1 fully saturated rings. The Morgan fingerprint density at radius 1 is 1.23 bits per heavy atom. The molecule has 6 nitrogen and oxygen atoms in total. The fourth-order valence-electron chi connectivity index (χ4n) is 4.16. The molecule has 0 spiro atoms. The molecular weight excluding hydrogens is 328 g/mol. The Kier molecular flexibility index (Phi) is 4.85. The molecule has 6 heteroatoms. The van der Waals surface area contributed by atoms with Gasteiger partial charge in [0.15, 0.2) is 0 Å². The highest BCUT2D eigenvalue weighted by Gasteiger charge is 2.32. The zero-order chi connectivity index (χ0) is 18.1. The first-order chi connectivity index (χ1) is 12.6. The maximum atomic E-state index is 13.3. The van der Waals surface area contributed by atoms with Crippen LogP contribution in [0.4, 0.5) is 0 Å². The predicted octanol–water partition coefficient (Wildman–Crippen LogP) is 2.93. The SMILES string of the molecule is Cc1occc1C(=O)N1Cc2ccnn2CC[C@H]1CN1CCC(C)CC1. The van der Waals surface area contributed by atoms with Crippen LogP contribution in [0.5, 0.6) is 0 Å². The summed E-state index contributed by atoms with van der Waals surface area (Å²) in [4.78, 5) is 17.9. The highest BCUT2D eigenvalue weighted by Crippen LogP contribution is 2.24. The Hall–Kier alpha value is -2.08. The van der Waals surface area contributed by atoms with Gasteiger partial charge in [-0.25, -0.2) is 0 Å². The third-order valence-electron chi connectivity index (χ3n) is 5.95. The number of amides is 1. The molecule has 1 saturated heterocycles. The van der Waals surface area contributed by atoms with E-state index in [1.54, 1.807) is 12.3 Å². The summed E-state index contributed by atoms with van der Waals surface area (Å²) in [5.41, 5.74) is 1.78. The minimum Gasteiger partial charge on any atom is -0.469 e. The summed E-state index contributed by atoms with van der Waals surface area (Å²) in [5, 5.41) is 4.43. The average Bonchev–Trinajstić information content (AvgIpc) is 3.23. The first-order valence-corrected chi connectivity index (χ1v) is 9.70. The molecule has 1 atom stereocenters. The topological polar surface area (TPSA) is 54.5 Å². The van der Waals surface area contributed by atoms with Crippen LogP contribution in [0.25, 0.3) is 0 Å². The van der Waals surface area contributed by atoms with Crippen molar-refractivity contribution in [3.8, 4) is 0 Å². The lowest BCUT2D eigenvalue weighted by Gasteiger charge is -2.37. The largest absolute Gasteiger partial charge is 0.469 e. The molecule has 0 aliphatic carbocycles. The van der Waals surface area contributed by atoms with Gasteiger partial charge in [-0.05, 0) is 57.3 Å². The summed E-state index contributed by atoms with van der Waals surface area (Å²) < 4.78 is 7.43. The summed E-state index contributed by atoms with van der Waals surface area (Å²) >= 11 is 0. The van der Waals surface area contributed by atoms with Crippen LogP contribution < -0.4 is 0 Å². The minimum atomic E-state index is 0.0706. The number of hydrogen-bond donors (Lipinski definition) is 0. The molecule has 2 aromatic rings. The van der Waals surface area contributed by atoms with Crippen molar-refractivity contribution in [1.29, 1.82) is 0 Å². The molecule has 4 heterocycles. The van der Waals surface area contributed by atoms with Gasteiger partial charge in [0.25, 0.3) is 5.91 Å². The van der Waals surface area contributed by atoms with Crippen molar-refractivity contribution >= 4 is 5.91 Å². The molecule has 4 rings (SSSR count). The quantitative estimate of drug-likeness (QED) is 0.848. The van der Waals surface area contributed by atoms with E-state index in [-0.39, 0.29) is 11.9 Å². The van der Waals surface area contributed by atoms with Gasteiger partial charge in [-0.15, -0.1) is 0 Å². The van der Waals surface area contributed by atoms with E-state index in [0.717, 1.165) is 44.2 Å². The van der Waals surface area contributed by atoms with Gasteiger partial charge in [-0.1, -0.05) is 6.92 Å². The lowest BCUT2D eigenvalue weighted by Crippen LogP contribution is -2.48. The van der Waals surface area contributed by atoms with Crippen molar-refractivity contribution in [1.82, 2.24) is 19.6 Å². The van der Waals surface area contributed by atoms with Crippen LogP contribution in [0, 0.1) is 12.8 Å². The molecule has 0 radical (unpaired) electrons. The Bertz CT molecular complexity index is 757. The number of carbonyl (C=O) groups excluding carboxylic acids is 1. The second kappa shape index (κ2) is 7.27. The number of furan rings is 1. The molecular formula is C20H28N4O2. The van der Waals surface area contributed by atoms with Gasteiger partial charge in [0.1, 0.15) is 5.76 Å². The van der Waals surface area contributed by atoms with Crippen LogP contribution in [-0.2, 0) is 13.1 Å². The Labute approximate surface area is 154 Å². The number of aromatic nitrogens is 2. The summed E-state index contributed by atoms with van der Waals surface area (Å²) in [7, 11) is 0. The molecule has 0 aromatic carbocycles. The van der Waals surface area contributed by atoms with Crippen LogP contribution in [0.3, 0.4) is 0 Å². The number of likely N-dealkylation sites (tertiary alicyclic amines) is 1. The third-order valence-corrected chi connectivity index (χ3v) is 5.95. The molecule has 140 valence electrons. The van der Waals surface area contributed by atoms with E-state index in [9.17, 15) is 4.79 Å². The molecule has 0 bridgehead atoms. The zero-order valence-electron chi connectivity index (χ0n) is 15.7. The van der Waals surface area contributed by atoms with E-state index in [1.807, 2.05) is 28.8 Å². The molecule has 26 heavy (non-hydrogen) atoms. The smallest absolute Gasteiger partial charge is 0.258 e. The summed E-state index contributed by atoms with van der Waals surface area (Å²) in [6, 6.07) is 4.01. The van der Waals surface area contributed by atoms with Gasteiger partial charge in [-0.2, -0.15) is 5.10 Å². The Morgan fingerprint density at radius 3 is 2.77 bits per heavy atom. The first-order valence-electron chi connectivity index (χ1n) is 9.70. The average molecular weight is 356 g/mol. The van der Waals surface area contributed by atoms with Crippen LogP contribution in [0.15, 0.2) is 29.0 Å². The van der Waals surface area contributed by atoms with E-state index in [2.05, 4.69) is 16.9 Å².